The number of nitrogens with one attached hydrogen (secondary N) is 1. The summed E-state index contributed by atoms with van der Waals surface area (Å²) in [6.07, 6.45) is 4.70. The van der Waals surface area contributed by atoms with Crippen LogP contribution in [0.5, 0.6) is 11.5 Å². The third-order valence-electron chi connectivity index (χ3n) is 4.86. The Morgan fingerprint density at radius 2 is 2.06 bits per heavy atom. The Morgan fingerprint density at radius 1 is 1.28 bits per heavy atom. The lowest BCUT2D eigenvalue weighted by Gasteiger charge is -2.20. The third kappa shape index (κ3) is 4.78. The molecule has 0 aliphatic rings. The monoisotopic (exact) mass is 434 g/mol. The van der Waals surface area contributed by atoms with E-state index in [1.54, 1.807) is 55.4 Å². The van der Waals surface area contributed by atoms with Gasteiger partial charge in [0.25, 0.3) is 5.91 Å². The second-order valence-electron chi connectivity index (χ2n) is 6.81. The lowest BCUT2D eigenvalue weighted by Crippen LogP contribution is -2.32. The van der Waals surface area contributed by atoms with Crippen LogP contribution in [-0.2, 0) is 13.6 Å². The summed E-state index contributed by atoms with van der Waals surface area (Å²) in [7, 11) is 4.91. The van der Waals surface area contributed by atoms with Gasteiger partial charge in [0.05, 0.1) is 26.7 Å². The van der Waals surface area contributed by atoms with Crippen LogP contribution >= 0.6 is 0 Å². The molecule has 1 N–H and O–H groups in total. The number of imidazole rings is 1. The summed E-state index contributed by atoms with van der Waals surface area (Å²) in [5.74, 6) is 7.98. The van der Waals surface area contributed by atoms with E-state index in [1.807, 2.05) is 19.1 Å². The third-order valence-corrected chi connectivity index (χ3v) is 4.86. The molecule has 166 valence electrons. The molecule has 2 heterocycles. The van der Waals surface area contributed by atoms with Crippen molar-refractivity contribution in [2.75, 3.05) is 26.1 Å². The van der Waals surface area contributed by atoms with E-state index in [-0.39, 0.29) is 5.91 Å². The molecule has 0 radical (unpaired) electrons. The summed E-state index contributed by atoms with van der Waals surface area (Å²) in [4.78, 5) is 19.6. The maximum Gasteiger partial charge on any atom is 0.274 e. The number of hydrogen-bond donors (Lipinski definition) is 1. The van der Waals surface area contributed by atoms with E-state index in [0.29, 0.717) is 41.9 Å². The number of anilines is 1. The summed E-state index contributed by atoms with van der Waals surface area (Å²) in [6, 6.07) is 7.24. The molecule has 2 aromatic heterocycles. The molecule has 0 bridgehead atoms. The highest BCUT2D eigenvalue weighted by Gasteiger charge is 2.24. The van der Waals surface area contributed by atoms with Crippen molar-refractivity contribution in [3.63, 3.8) is 0 Å². The Hall–Kier alpha value is -4.12. The Balaban J connectivity index is 1.95. The average Bonchev–Trinajstić information content (AvgIpc) is 3.43. The van der Waals surface area contributed by atoms with Crippen LogP contribution in [0.2, 0.25) is 0 Å². The SMILES string of the molecule is C=CNc1nc(C#Cc2ccc(OC)c(OC)c2)n(C)c1C(=O)N(CC)Cc1ccoc1. The number of furan rings is 1. The van der Waals surface area contributed by atoms with Crippen molar-refractivity contribution in [3.05, 3.63) is 72.2 Å². The van der Waals surface area contributed by atoms with E-state index in [2.05, 4.69) is 28.7 Å². The van der Waals surface area contributed by atoms with Crippen molar-refractivity contribution < 1.29 is 18.7 Å². The van der Waals surface area contributed by atoms with Gasteiger partial charge in [-0.3, -0.25) is 4.79 Å². The van der Waals surface area contributed by atoms with E-state index in [0.717, 1.165) is 11.1 Å². The summed E-state index contributed by atoms with van der Waals surface area (Å²) < 4.78 is 17.4. The number of carbonyl (C=O) groups excluding carboxylic acids is 1. The minimum absolute atomic E-state index is 0.174. The average molecular weight is 434 g/mol. The van der Waals surface area contributed by atoms with Gasteiger partial charge in [-0.05, 0) is 43.3 Å². The van der Waals surface area contributed by atoms with Crippen LogP contribution in [0, 0.1) is 11.8 Å². The maximum absolute atomic E-state index is 13.3. The Labute approximate surface area is 187 Å². The number of methoxy groups -OCH3 is 2. The summed E-state index contributed by atoms with van der Waals surface area (Å²) in [5.41, 5.74) is 2.04. The first kappa shape index (κ1) is 22.6. The number of aromatic nitrogens is 2. The first-order valence-corrected chi connectivity index (χ1v) is 10.0. The highest BCUT2D eigenvalue weighted by atomic mass is 16.5. The molecule has 1 aromatic carbocycles. The van der Waals surface area contributed by atoms with Gasteiger partial charge in [-0.15, -0.1) is 0 Å². The standard InChI is InChI=1S/C24H26N4O4/c1-6-25-23-22(24(29)28(7-2)15-18-12-13-32-16-18)27(3)21(26-23)11-9-17-8-10-19(30-4)20(14-17)31-5/h6,8,10,12-14,16,25H,1,7,15H2,2-5H3. The zero-order valence-electron chi connectivity index (χ0n) is 18.6. The van der Waals surface area contributed by atoms with Gasteiger partial charge in [0.15, 0.2) is 28.8 Å². The fourth-order valence-corrected chi connectivity index (χ4v) is 3.17. The Morgan fingerprint density at radius 3 is 2.69 bits per heavy atom. The molecule has 0 spiro atoms. The van der Waals surface area contributed by atoms with Crippen molar-refractivity contribution in [3.8, 4) is 23.3 Å². The van der Waals surface area contributed by atoms with Crippen molar-refractivity contribution in [1.82, 2.24) is 14.5 Å². The van der Waals surface area contributed by atoms with Crippen molar-refractivity contribution in [2.45, 2.75) is 13.5 Å². The zero-order valence-corrected chi connectivity index (χ0v) is 18.6. The fraction of sp³-hybridized carbons (Fsp3) is 0.250. The van der Waals surface area contributed by atoms with E-state index in [4.69, 9.17) is 13.9 Å². The molecule has 32 heavy (non-hydrogen) atoms. The molecule has 0 unspecified atom stereocenters. The van der Waals surface area contributed by atoms with Crippen molar-refractivity contribution >= 4 is 11.7 Å². The highest BCUT2D eigenvalue weighted by Crippen LogP contribution is 2.27. The molecule has 8 nitrogen and oxygen atoms in total. The minimum atomic E-state index is -0.174. The fourth-order valence-electron chi connectivity index (χ4n) is 3.17. The number of benzene rings is 1. The smallest absolute Gasteiger partial charge is 0.274 e. The molecule has 8 heteroatoms. The van der Waals surface area contributed by atoms with Crippen LogP contribution in [0.15, 0.2) is 54.0 Å². The highest BCUT2D eigenvalue weighted by molar-refractivity contribution is 5.97. The largest absolute Gasteiger partial charge is 0.493 e. The van der Waals surface area contributed by atoms with E-state index >= 15 is 0 Å². The maximum atomic E-state index is 13.3. The normalized spacial score (nSPS) is 10.1. The van der Waals surface area contributed by atoms with E-state index in [9.17, 15) is 4.79 Å². The predicted octanol–water partition coefficient (Wildman–Crippen LogP) is 3.65. The molecule has 0 aliphatic carbocycles. The van der Waals surface area contributed by atoms with Gasteiger partial charge < -0.3 is 28.7 Å². The number of amides is 1. The van der Waals surface area contributed by atoms with Gasteiger partial charge in [-0.25, -0.2) is 4.98 Å². The van der Waals surface area contributed by atoms with Gasteiger partial charge in [-0.1, -0.05) is 12.5 Å². The molecule has 3 aromatic rings. The number of hydrogen-bond acceptors (Lipinski definition) is 6. The first-order chi connectivity index (χ1) is 15.5. The molecule has 0 atom stereocenters. The Kier molecular flexibility index (Phi) is 7.24. The first-order valence-electron chi connectivity index (χ1n) is 10.0. The van der Waals surface area contributed by atoms with Crippen LogP contribution in [-0.4, -0.2) is 41.1 Å². The summed E-state index contributed by atoms with van der Waals surface area (Å²) >= 11 is 0. The van der Waals surface area contributed by atoms with Gasteiger partial charge in [0, 0.05) is 31.3 Å². The molecular weight excluding hydrogens is 408 g/mol. The number of ether oxygens (including phenoxy) is 2. The van der Waals surface area contributed by atoms with Gasteiger partial charge in [0.1, 0.15) is 0 Å². The van der Waals surface area contributed by atoms with E-state index < -0.39 is 0 Å². The van der Waals surface area contributed by atoms with Gasteiger partial charge in [-0.2, -0.15) is 0 Å². The van der Waals surface area contributed by atoms with Crippen LogP contribution < -0.4 is 14.8 Å². The predicted molar refractivity (Wildman–Crippen MR) is 122 cm³/mol. The Bertz CT molecular complexity index is 1150. The lowest BCUT2D eigenvalue weighted by atomic mass is 10.2. The molecule has 0 saturated carbocycles. The lowest BCUT2D eigenvalue weighted by molar-refractivity contribution is 0.0743. The topological polar surface area (TPSA) is 81.8 Å². The molecule has 3 rings (SSSR count). The zero-order chi connectivity index (χ0) is 23.1. The number of carbonyl (C=O) groups is 1. The van der Waals surface area contributed by atoms with Gasteiger partial charge >= 0.3 is 0 Å². The molecule has 0 saturated heterocycles. The number of rotatable bonds is 8. The van der Waals surface area contributed by atoms with E-state index in [1.165, 1.54) is 6.20 Å². The van der Waals surface area contributed by atoms with Crippen LogP contribution in [0.4, 0.5) is 5.82 Å². The quantitative estimate of drug-likeness (QED) is 0.545. The summed E-state index contributed by atoms with van der Waals surface area (Å²) in [6.45, 7) is 6.56. The van der Waals surface area contributed by atoms with Crippen LogP contribution in [0.1, 0.15) is 34.4 Å². The molecule has 0 fully saturated rings. The second-order valence-corrected chi connectivity index (χ2v) is 6.81. The number of nitrogens with zero attached hydrogens (tertiary/aromatic N) is 3. The molecular formula is C24H26N4O4. The van der Waals surface area contributed by atoms with Crippen molar-refractivity contribution in [1.29, 1.82) is 0 Å². The molecule has 1 amide bonds. The minimum Gasteiger partial charge on any atom is -0.493 e. The van der Waals surface area contributed by atoms with Crippen LogP contribution in [0.25, 0.3) is 0 Å². The molecule has 0 aliphatic heterocycles. The van der Waals surface area contributed by atoms with Gasteiger partial charge in [0.2, 0.25) is 0 Å². The second kappa shape index (κ2) is 10.3. The summed E-state index contributed by atoms with van der Waals surface area (Å²) in [5, 5.41) is 2.95. The van der Waals surface area contributed by atoms with Crippen LogP contribution in [0.3, 0.4) is 0 Å². The van der Waals surface area contributed by atoms with Crippen molar-refractivity contribution in [2.24, 2.45) is 7.05 Å².